The quantitative estimate of drug-likeness (QED) is 0.451. The van der Waals surface area contributed by atoms with Crippen molar-refractivity contribution >= 4 is 17.0 Å². The standard InChI is InChI=1S/C24H20N2O2S/c1-17-7-10-20(11-8-17)25-24-26(21(15-29-24)19-5-3-2-4-6-19)14-18-9-12-22-23(13-18)28-16-27-22/h2-13,15H,14,16H2,1H3. The Bertz CT molecular complexity index is 1210. The van der Waals surface area contributed by atoms with E-state index >= 15 is 0 Å². The van der Waals surface area contributed by atoms with Gasteiger partial charge < -0.3 is 14.0 Å². The van der Waals surface area contributed by atoms with Crippen LogP contribution >= 0.6 is 11.3 Å². The van der Waals surface area contributed by atoms with E-state index in [4.69, 9.17) is 14.5 Å². The summed E-state index contributed by atoms with van der Waals surface area (Å²) in [6, 6.07) is 24.8. The van der Waals surface area contributed by atoms with Gasteiger partial charge in [0.05, 0.1) is 17.9 Å². The van der Waals surface area contributed by atoms with Crippen molar-refractivity contribution in [2.24, 2.45) is 4.99 Å². The summed E-state index contributed by atoms with van der Waals surface area (Å²) in [6.45, 7) is 3.07. The van der Waals surface area contributed by atoms with E-state index in [1.54, 1.807) is 11.3 Å². The highest BCUT2D eigenvalue weighted by Crippen LogP contribution is 2.33. The van der Waals surface area contributed by atoms with Gasteiger partial charge in [0.2, 0.25) is 6.79 Å². The van der Waals surface area contributed by atoms with Gasteiger partial charge in [-0.05, 0) is 42.3 Å². The van der Waals surface area contributed by atoms with Gasteiger partial charge in [-0.15, -0.1) is 11.3 Å². The molecular weight excluding hydrogens is 380 g/mol. The molecule has 0 N–H and O–H groups in total. The highest BCUT2D eigenvalue weighted by atomic mass is 32.1. The molecule has 2 heterocycles. The minimum atomic E-state index is 0.285. The minimum absolute atomic E-state index is 0.285. The SMILES string of the molecule is Cc1ccc(N=c2scc(-c3ccccc3)n2Cc2ccc3c(c2)OCO3)cc1. The van der Waals surface area contributed by atoms with E-state index in [9.17, 15) is 0 Å². The molecule has 0 unspecified atom stereocenters. The lowest BCUT2D eigenvalue weighted by Crippen LogP contribution is -2.16. The Morgan fingerprint density at radius 2 is 1.72 bits per heavy atom. The predicted molar refractivity (Wildman–Crippen MR) is 116 cm³/mol. The van der Waals surface area contributed by atoms with Crippen LogP contribution in [0.25, 0.3) is 11.3 Å². The molecule has 0 amide bonds. The van der Waals surface area contributed by atoms with E-state index in [-0.39, 0.29) is 6.79 Å². The molecule has 4 nitrogen and oxygen atoms in total. The van der Waals surface area contributed by atoms with Crippen LogP contribution in [0.2, 0.25) is 0 Å². The molecule has 0 saturated carbocycles. The largest absolute Gasteiger partial charge is 0.454 e. The Hall–Kier alpha value is -3.31. The number of benzene rings is 3. The molecule has 0 saturated heterocycles. The molecule has 0 spiro atoms. The van der Waals surface area contributed by atoms with E-state index in [0.29, 0.717) is 6.54 Å². The Balaban J connectivity index is 1.60. The molecule has 1 aromatic heterocycles. The zero-order chi connectivity index (χ0) is 19.6. The van der Waals surface area contributed by atoms with Crippen LogP contribution in [-0.4, -0.2) is 11.4 Å². The molecule has 4 aromatic rings. The maximum absolute atomic E-state index is 5.56. The summed E-state index contributed by atoms with van der Waals surface area (Å²) in [5.41, 5.74) is 5.66. The van der Waals surface area contributed by atoms with E-state index in [2.05, 4.69) is 77.5 Å². The molecule has 0 atom stereocenters. The Labute approximate surface area is 173 Å². The van der Waals surface area contributed by atoms with Gasteiger partial charge in [-0.3, -0.25) is 0 Å². The Kier molecular flexibility index (Phi) is 4.66. The number of aryl methyl sites for hydroxylation is 1. The average Bonchev–Trinajstić information content (AvgIpc) is 3.37. The van der Waals surface area contributed by atoms with E-state index in [0.717, 1.165) is 33.2 Å². The smallest absolute Gasteiger partial charge is 0.231 e. The van der Waals surface area contributed by atoms with Crippen molar-refractivity contribution in [3.8, 4) is 22.8 Å². The first-order valence-electron chi connectivity index (χ1n) is 9.50. The molecule has 5 heteroatoms. The highest BCUT2D eigenvalue weighted by Gasteiger charge is 2.15. The van der Waals surface area contributed by atoms with Crippen molar-refractivity contribution in [1.29, 1.82) is 0 Å². The fourth-order valence-corrected chi connectivity index (χ4v) is 4.29. The first-order valence-corrected chi connectivity index (χ1v) is 10.4. The van der Waals surface area contributed by atoms with Crippen LogP contribution in [0.15, 0.2) is 83.2 Å². The molecule has 0 fully saturated rings. The molecule has 29 heavy (non-hydrogen) atoms. The summed E-state index contributed by atoms with van der Waals surface area (Å²) < 4.78 is 13.3. The normalized spacial score (nSPS) is 13.1. The van der Waals surface area contributed by atoms with Crippen LogP contribution in [-0.2, 0) is 6.54 Å². The Morgan fingerprint density at radius 3 is 2.55 bits per heavy atom. The van der Waals surface area contributed by atoms with Crippen LogP contribution in [0, 0.1) is 6.92 Å². The fraction of sp³-hybridized carbons (Fsp3) is 0.125. The molecule has 5 rings (SSSR count). The number of thiazole rings is 1. The summed E-state index contributed by atoms with van der Waals surface area (Å²) in [4.78, 5) is 5.89. The van der Waals surface area contributed by atoms with Gasteiger partial charge in [-0.2, -0.15) is 0 Å². The number of ether oxygens (including phenoxy) is 2. The monoisotopic (exact) mass is 400 g/mol. The van der Waals surface area contributed by atoms with E-state index < -0.39 is 0 Å². The zero-order valence-corrected chi connectivity index (χ0v) is 16.9. The molecular formula is C24H20N2O2S. The van der Waals surface area contributed by atoms with Crippen molar-refractivity contribution < 1.29 is 9.47 Å². The molecule has 0 aliphatic carbocycles. The van der Waals surface area contributed by atoms with Crippen molar-refractivity contribution in [2.75, 3.05) is 6.79 Å². The van der Waals surface area contributed by atoms with Crippen LogP contribution in [0.3, 0.4) is 0 Å². The summed E-state index contributed by atoms with van der Waals surface area (Å²) in [5, 5.41) is 2.18. The number of aromatic nitrogens is 1. The van der Waals surface area contributed by atoms with Gasteiger partial charge in [0.15, 0.2) is 16.3 Å². The molecule has 0 radical (unpaired) electrons. The van der Waals surface area contributed by atoms with Crippen LogP contribution in [0.5, 0.6) is 11.5 Å². The second-order valence-corrected chi connectivity index (χ2v) is 7.83. The van der Waals surface area contributed by atoms with Crippen molar-refractivity contribution in [3.63, 3.8) is 0 Å². The second-order valence-electron chi connectivity index (χ2n) is 6.99. The van der Waals surface area contributed by atoms with E-state index in [1.165, 1.54) is 11.1 Å². The fourth-order valence-electron chi connectivity index (χ4n) is 3.36. The van der Waals surface area contributed by atoms with Gasteiger partial charge in [0, 0.05) is 5.38 Å². The number of nitrogens with zero attached hydrogens (tertiary/aromatic N) is 2. The van der Waals surface area contributed by atoms with Crippen molar-refractivity contribution in [1.82, 2.24) is 4.57 Å². The van der Waals surface area contributed by atoms with Gasteiger partial charge in [-0.25, -0.2) is 4.99 Å². The lowest BCUT2D eigenvalue weighted by molar-refractivity contribution is 0.174. The number of hydrogen-bond acceptors (Lipinski definition) is 4. The van der Waals surface area contributed by atoms with Gasteiger partial charge in [-0.1, -0.05) is 54.1 Å². The summed E-state index contributed by atoms with van der Waals surface area (Å²) in [5.74, 6) is 1.61. The number of fused-ring (bicyclic) bond motifs is 1. The zero-order valence-electron chi connectivity index (χ0n) is 16.0. The van der Waals surface area contributed by atoms with Crippen LogP contribution in [0.1, 0.15) is 11.1 Å². The summed E-state index contributed by atoms with van der Waals surface area (Å²) in [6.07, 6.45) is 0. The molecule has 3 aromatic carbocycles. The third-order valence-electron chi connectivity index (χ3n) is 4.90. The highest BCUT2D eigenvalue weighted by molar-refractivity contribution is 7.07. The first kappa shape index (κ1) is 17.8. The van der Waals surface area contributed by atoms with E-state index in [1.807, 2.05) is 12.1 Å². The second kappa shape index (κ2) is 7.60. The van der Waals surface area contributed by atoms with Crippen molar-refractivity contribution in [2.45, 2.75) is 13.5 Å². The topological polar surface area (TPSA) is 35.8 Å². The number of hydrogen-bond donors (Lipinski definition) is 0. The summed E-state index contributed by atoms with van der Waals surface area (Å²) >= 11 is 1.66. The minimum Gasteiger partial charge on any atom is -0.454 e. The maximum Gasteiger partial charge on any atom is 0.231 e. The van der Waals surface area contributed by atoms with Gasteiger partial charge >= 0.3 is 0 Å². The first-order chi connectivity index (χ1) is 14.3. The summed E-state index contributed by atoms with van der Waals surface area (Å²) in [7, 11) is 0. The van der Waals surface area contributed by atoms with Gasteiger partial charge in [0.25, 0.3) is 0 Å². The third kappa shape index (κ3) is 3.69. The van der Waals surface area contributed by atoms with Crippen LogP contribution in [0.4, 0.5) is 5.69 Å². The van der Waals surface area contributed by atoms with Crippen LogP contribution < -0.4 is 14.3 Å². The van der Waals surface area contributed by atoms with Gasteiger partial charge in [0.1, 0.15) is 0 Å². The molecule has 0 bridgehead atoms. The Morgan fingerprint density at radius 1 is 0.931 bits per heavy atom. The average molecular weight is 401 g/mol. The van der Waals surface area contributed by atoms with Crippen molar-refractivity contribution in [3.05, 3.63) is 94.1 Å². The maximum atomic E-state index is 5.56. The molecule has 144 valence electrons. The lowest BCUT2D eigenvalue weighted by Gasteiger charge is -2.10. The molecule has 1 aliphatic heterocycles. The lowest BCUT2D eigenvalue weighted by atomic mass is 10.1. The molecule has 1 aliphatic rings. The predicted octanol–water partition coefficient (Wildman–Crippen LogP) is 5.53. The number of rotatable bonds is 4. The third-order valence-corrected chi connectivity index (χ3v) is 5.77.